The number of alkyl halides is 1. The van der Waals surface area contributed by atoms with Crippen molar-refractivity contribution in [1.82, 2.24) is 9.55 Å². The summed E-state index contributed by atoms with van der Waals surface area (Å²) < 4.78 is 7.01. The number of hydrogen-bond donors (Lipinski definition) is 0. The third-order valence-corrected chi connectivity index (χ3v) is 3.01. The number of rotatable bonds is 4. The topological polar surface area (TPSA) is 44.1 Å². The van der Waals surface area contributed by atoms with Gasteiger partial charge in [0.1, 0.15) is 5.82 Å². The molecule has 1 aromatic heterocycles. The first kappa shape index (κ1) is 15.8. The molecule has 19 heavy (non-hydrogen) atoms. The predicted molar refractivity (Wildman–Crippen MR) is 78.2 cm³/mol. The van der Waals surface area contributed by atoms with Crippen LogP contribution in [0, 0.1) is 0 Å². The SMILES string of the molecule is CCOC(=O)c1ccc2c(c1)nc(CCl)n2CC.Cl. The highest BCUT2D eigenvalue weighted by Crippen LogP contribution is 2.19. The molecule has 2 aromatic rings. The van der Waals surface area contributed by atoms with Crippen molar-refractivity contribution in [3.05, 3.63) is 29.6 Å². The molecule has 0 aliphatic carbocycles. The molecule has 0 N–H and O–H groups in total. The van der Waals surface area contributed by atoms with Crippen molar-refractivity contribution in [2.24, 2.45) is 0 Å². The van der Waals surface area contributed by atoms with Crippen LogP contribution in [0.1, 0.15) is 30.0 Å². The van der Waals surface area contributed by atoms with Gasteiger partial charge >= 0.3 is 5.97 Å². The number of imidazole rings is 1. The smallest absolute Gasteiger partial charge is 0.338 e. The largest absolute Gasteiger partial charge is 0.462 e. The van der Waals surface area contributed by atoms with E-state index in [9.17, 15) is 4.79 Å². The Balaban J connectivity index is 0.00000180. The maximum atomic E-state index is 11.6. The molecule has 104 valence electrons. The second-order valence-electron chi connectivity index (χ2n) is 3.83. The first-order valence-corrected chi connectivity index (χ1v) is 6.47. The van der Waals surface area contributed by atoms with E-state index < -0.39 is 0 Å². The number of nitrogens with zero attached hydrogens (tertiary/aromatic N) is 2. The highest BCUT2D eigenvalue weighted by atomic mass is 35.5. The summed E-state index contributed by atoms with van der Waals surface area (Å²) in [7, 11) is 0. The lowest BCUT2D eigenvalue weighted by atomic mass is 10.2. The fourth-order valence-electron chi connectivity index (χ4n) is 1.98. The van der Waals surface area contributed by atoms with Crippen LogP contribution in [0.25, 0.3) is 11.0 Å². The van der Waals surface area contributed by atoms with E-state index in [4.69, 9.17) is 16.3 Å². The van der Waals surface area contributed by atoms with Crippen LogP contribution in [-0.2, 0) is 17.2 Å². The van der Waals surface area contributed by atoms with Gasteiger partial charge < -0.3 is 9.30 Å². The van der Waals surface area contributed by atoms with Crippen molar-refractivity contribution >= 4 is 41.0 Å². The van der Waals surface area contributed by atoms with E-state index in [1.807, 2.05) is 17.6 Å². The fourth-order valence-corrected chi connectivity index (χ4v) is 2.18. The Morgan fingerprint density at radius 1 is 1.42 bits per heavy atom. The number of esters is 1. The van der Waals surface area contributed by atoms with Gasteiger partial charge in [-0.05, 0) is 32.0 Å². The Morgan fingerprint density at radius 2 is 2.16 bits per heavy atom. The normalized spacial score (nSPS) is 10.3. The van der Waals surface area contributed by atoms with Gasteiger partial charge in [0.2, 0.25) is 0 Å². The highest BCUT2D eigenvalue weighted by molar-refractivity contribution is 6.16. The monoisotopic (exact) mass is 302 g/mol. The Kier molecular flexibility index (Phi) is 5.63. The molecule has 6 heteroatoms. The average molecular weight is 303 g/mol. The summed E-state index contributed by atoms with van der Waals surface area (Å²) in [6.45, 7) is 4.99. The molecule has 0 bridgehead atoms. The summed E-state index contributed by atoms with van der Waals surface area (Å²) in [6, 6.07) is 5.38. The van der Waals surface area contributed by atoms with E-state index >= 15 is 0 Å². The minimum Gasteiger partial charge on any atom is -0.462 e. The van der Waals surface area contributed by atoms with E-state index in [0.717, 1.165) is 23.4 Å². The number of aromatic nitrogens is 2. The van der Waals surface area contributed by atoms with Crippen LogP contribution >= 0.6 is 24.0 Å². The number of ether oxygens (including phenoxy) is 1. The Labute approximate surface area is 123 Å². The van der Waals surface area contributed by atoms with Crippen molar-refractivity contribution in [2.45, 2.75) is 26.3 Å². The molecular formula is C13H16Cl2N2O2. The van der Waals surface area contributed by atoms with E-state index in [-0.39, 0.29) is 18.4 Å². The van der Waals surface area contributed by atoms with Crippen molar-refractivity contribution in [3.63, 3.8) is 0 Å². The maximum Gasteiger partial charge on any atom is 0.338 e. The molecule has 0 saturated carbocycles. The molecule has 1 aromatic carbocycles. The molecule has 0 atom stereocenters. The van der Waals surface area contributed by atoms with Gasteiger partial charge in [-0.3, -0.25) is 0 Å². The summed E-state index contributed by atoms with van der Waals surface area (Å²) in [5, 5.41) is 0. The van der Waals surface area contributed by atoms with E-state index in [0.29, 0.717) is 18.1 Å². The molecule has 0 aliphatic rings. The molecule has 2 rings (SSSR count). The molecule has 0 radical (unpaired) electrons. The summed E-state index contributed by atoms with van der Waals surface area (Å²) in [6.07, 6.45) is 0. The van der Waals surface area contributed by atoms with Crippen LogP contribution in [0.5, 0.6) is 0 Å². The maximum absolute atomic E-state index is 11.6. The Morgan fingerprint density at radius 3 is 2.74 bits per heavy atom. The lowest BCUT2D eigenvalue weighted by Crippen LogP contribution is -2.04. The van der Waals surface area contributed by atoms with Crippen molar-refractivity contribution in [1.29, 1.82) is 0 Å². The molecular weight excluding hydrogens is 287 g/mol. The molecule has 0 fully saturated rings. The second-order valence-corrected chi connectivity index (χ2v) is 4.10. The van der Waals surface area contributed by atoms with Gasteiger partial charge in [0.15, 0.2) is 0 Å². The number of halogens is 2. The number of carbonyl (C=O) groups excluding carboxylic acids is 1. The molecule has 0 unspecified atom stereocenters. The van der Waals surface area contributed by atoms with Gasteiger partial charge in [0, 0.05) is 6.54 Å². The fraction of sp³-hybridized carbons (Fsp3) is 0.385. The van der Waals surface area contributed by atoms with Gasteiger partial charge in [0.05, 0.1) is 29.1 Å². The van der Waals surface area contributed by atoms with Crippen LogP contribution in [0.2, 0.25) is 0 Å². The van der Waals surface area contributed by atoms with Gasteiger partial charge in [-0.2, -0.15) is 0 Å². The van der Waals surface area contributed by atoms with E-state index in [1.165, 1.54) is 0 Å². The Bertz CT molecular complexity index is 581. The van der Waals surface area contributed by atoms with Crippen molar-refractivity contribution < 1.29 is 9.53 Å². The molecule has 0 spiro atoms. The highest BCUT2D eigenvalue weighted by Gasteiger charge is 2.12. The molecule has 0 saturated heterocycles. The standard InChI is InChI=1S/C13H15ClN2O2.ClH/c1-3-16-11-6-5-9(13(17)18-4-2)7-10(11)15-12(16)8-14;/h5-7H,3-4,8H2,1-2H3;1H. The third-order valence-electron chi connectivity index (χ3n) is 2.77. The van der Waals surface area contributed by atoms with Crippen molar-refractivity contribution in [3.8, 4) is 0 Å². The quantitative estimate of drug-likeness (QED) is 0.642. The van der Waals surface area contributed by atoms with Gasteiger partial charge in [0.25, 0.3) is 0 Å². The predicted octanol–water partition coefficient (Wildman–Crippen LogP) is 3.39. The van der Waals surface area contributed by atoms with Crippen LogP contribution in [0.15, 0.2) is 18.2 Å². The van der Waals surface area contributed by atoms with Gasteiger partial charge in [-0.25, -0.2) is 9.78 Å². The molecule has 0 amide bonds. The third kappa shape index (κ3) is 3.01. The number of carbonyl (C=O) groups is 1. The minimum atomic E-state index is -0.321. The lowest BCUT2D eigenvalue weighted by molar-refractivity contribution is 0.0526. The zero-order chi connectivity index (χ0) is 13.1. The van der Waals surface area contributed by atoms with Crippen molar-refractivity contribution in [2.75, 3.05) is 6.61 Å². The van der Waals surface area contributed by atoms with E-state index in [1.54, 1.807) is 19.1 Å². The molecule has 1 heterocycles. The molecule has 0 aliphatic heterocycles. The molecule has 4 nitrogen and oxygen atoms in total. The first-order chi connectivity index (χ1) is 8.71. The van der Waals surface area contributed by atoms with Crippen LogP contribution in [-0.4, -0.2) is 22.1 Å². The summed E-state index contributed by atoms with van der Waals surface area (Å²) in [5.74, 6) is 0.852. The zero-order valence-corrected chi connectivity index (χ0v) is 12.4. The van der Waals surface area contributed by atoms with Crippen LogP contribution < -0.4 is 0 Å². The van der Waals surface area contributed by atoms with E-state index in [2.05, 4.69) is 4.98 Å². The minimum absolute atomic E-state index is 0. The lowest BCUT2D eigenvalue weighted by Gasteiger charge is -2.04. The number of aryl methyl sites for hydroxylation is 1. The zero-order valence-electron chi connectivity index (χ0n) is 10.9. The van der Waals surface area contributed by atoms with Gasteiger partial charge in [-0.15, -0.1) is 24.0 Å². The average Bonchev–Trinajstić information content (AvgIpc) is 2.75. The van der Waals surface area contributed by atoms with Gasteiger partial charge in [-0.1, -0.05) is 0 Å². The number of hydrogen-bond acceptors (Lipinski definition) is 3. The van der Waals surface area contributed by atoms with Crippen LogP contribution in [0.3, 0.4) is 0 Å². The second kappa shape index (κ2) is 6.78. The Hall–Kier alpha value is -1.26. The summed E-state index contributed by atoms with van der Waals surface area (Å²) in [5.41, 5.74) is 2.28. The first-order valence-electron chi connectivity index (χ1n) is 5.93. The number of fused-ring (bicyclic) bond motifs is 1. The van der Waals surface area contributed by atoms with Crippen LogP contribution in [0.4, 0.5) is 0 Å². The summed E-state index contributed by atoms with van der Waals surface area (Å²) in [4.78, 5) is 16.1. The summed E-state index contributed by atoms with van der Waals surface area (Å²) >= 11 is 5.86. The number of benzene rings is 1.